The largest absolute Gasteiger partial charge is 0.485 e. The van der Waals surface area contributed by atoms with Crippen LogP contribution in [-0.4, -0.2) is 83.2 Å². The van der Waals surface area contributed by atoms with Crippen LogP contribution in [0.25, 0.3) is 0 Å². The van der Waals surface area contributed by atoms with E-state index >= 15 is 0 Å². The number of carbonyl (C=O) groups is 3. The van der Waals surface area contributed by atoms with Crippen molar-refractivity contribution in [3.05, 3.63) is 86.0 Å². The zero-order valence-corrected chi connectivity index (χ0v) is 33.9. The first-order chi connectivity index (χ1) is 25.6. The maximum absolute atomic E-state index is 14.8. The van der Waals surface area contributed by atoms with Gasteiger partial charge in [-0.15, -0.1) is 0 Å². The van der Waals surface area contributed by atoms with E-state index in [2.05, 4.69) is 16.3 Å². The van der Waals surface area contributed by atoms with Crippen LogP contribution in [0.1, 0.15) is 81.5 Å². The second-order valence-electron chi connectivity index (χ2n) is 15.8. The molecular formula is C41H50Cl3N5O5. The van der Waals surface area contributed by atoms with Crippen LogP contribution in [0.3, 0.4) is 0 Å². The Hall–Kier alpha value is -3.73. The summed E-state index contributed by atoms with van der Waals surface area (Å²) in [4.78, 5) is 50.2. The Morgan fingerprint density at radius 3 is 2.33 bits per heavy atom. The van der Waals surface area contributed by atoms with Crippen LogP contribution in [0.4, 0.5) is 10.6 Å². The molecule has 2 aliphatic heterocycles. The van der Waals surface area contributed by atoms with Gasteiger partial charge in [0, 0.05) is 69.2 Å². The number of anilines is 1. The van der Waals surface area contributed by atoms with Crippen molar-refractivity contribution in [2.24, 2.45) is 5.92 Å². The maximum atomic E-state index is 14.8. The third-order valence-electron chi connectivity index (χ3n) is 10.2. The van der Waals surface area contributed by atoms with E-state index in [1.54, 1.807) is 4.90 Å². The van der Waals surface area contributed by atoms with Crippen molar-refractivity contribution in [3.63, 3.8) is 0 Å². The standard InChI is InChI=1S/C41H50Cl3N5O5/c1-25-18-35(43)38(36(44)19-25)53-31-13-16-47(23-31)37-11-7-28(21-46-37)32-14-17-48(40(52)54-41(3,4)5)24-33(32)39(51)49(30-8-9-30)22-29-20-27(6-10-34(29)42)12-15-45-26(2)50/h6-7,10-11,18-21,30-33H,8-9,12-17,22-24H2,1-5H3,(H,45,50)/t31-,32?,33?/m1/s1. The molecule has 2 aromatic carbocycles. The van der Waals surface area contributed by atoms with E-state index in [0.717, 1.165) is 53.9 Å². The van der Waals surface area contributed by atoms with Crippen molar-refractivity contribution in [2.75, 3.05) is 37.6 Å². The molecule has 2 saturated heterocycles. The number of aromatic nitrogens is 1. The summed E-state index contributed by atoms with van der Waals surface area (Å²) in [6.07, 6.45) is 5.23. The number of nitrogens with zero attached hydrogens (tertiary/aromatic N) is 4. The molecule has 1 aliphatic carbocycles. The fourth-order valence-corrected chi connectivity index (χ4v) is 8.22. The van der Waals surface area contributed by atoms with Crippen LogP contribution < -0.4 is 15.0 Å². The highest BCUT2D eigenvalue weighted by Crippen LogP contribution is 2.40. The lowest BCUT2D eigenvalue weighted by molar-refractivity contribution is -0.139. The lowest BCUT2D eigenvalue weighted by Crippen LogP contribution is -2.51. The predicted octanol–water partition coefficient (Wildman–Crippen LogP) is 8.22. The average Bonchev–Trinajstić information content (AvgIpc) is 3.85. The zero-order valence-electron chi connectivity index (χ0n) is 31.7. The van der Waals surface area contributed by atoms with Gasteiger partial charge in [-0.2, -0.15) is 0 Å². The molecule has 2 unspecified atom stereocenters. The lowest BCUT2D eigenvalue weighted by Gasteiger charge is -2.40. The van der Waals surface area contributed by atoms with E-state index in [9.17, 15) is 14.4 Å². The molecule has 3 amide bonds. The van der Waals surface area contributed by atoms with E-state index in [-0.39, 0.29) is 36.4 Å². The second kappa shape index (κ2) is 17.0. The van der Waals surface area contributed by atoms with Crippen LogP contribution in [0.15, 0.2) is 48.7 Å². The van der Waals surface area contributed by atoms with Gasteiger partial charge in [0.25, 0.3) is 0 Å². The van der Waals surface area contributed by atoms with Gasteiger partial charge in [0.1, 0.15) is 17.5 Å². The highest BCUT2D eigenvalue weighted by atomic mass is 35.5. The molecule has 0 spiro atoms. The molecule has 10 nitrogen and oxygen atoms in total. The number of halogens is 3. The van der Waals surface area contributed by atoms with Gasteiger partial charge in [-0.05, 0) is 99.9 Å². The van der Waals surface area contributed by atoms with Gasteiger partial charge in [-0.3, -0.25) is 9.59 Å². The second-order valence-corrected chi connectivity index (χ2v) is 17.0. The highest BCUT2D eigenvalue weighted by molar-refractivity contribution is 6.37. The third-order valence-corrected chi connectivity index (χ3v) is 11.1. The minimum absolute atomic E-state index is 0.00693. The summed E-state index contributed by atoms with van der Waals surface area (Å²) in [5.74, 6) is 0.588. The van der Waals surface area contributed by atoms with Crippen LogP contribution >= 0.6 is 34.8 Å². The number of likely N-dealkylation sites (tertiary alicyclic amines) is 1. The van der Waals surface area contributed by atoms with E-state index in [0.29, 0.717) is 59.8 Å². The van der Waals surface area contributed by atoms with Crippen LogP contribution in [0.5, 0.6) is 5.75 Å². The molecule has 3 aliphatic rings. The molecule has 0 radical (unpaired) electrons. The van der Waals surface area contributed by atoms with Gasteiger partial charge in [-0.25, -0.2) is 9.78 Å². The number of benzene rings is 2. The Balaban J connectivity index is 1.20. The number of rotatable bonds is 11. The average molecular weight is 799 g/mol. The molecule has 0 bridgehead atoms. The molecule has 3 aromatic rings. The number of piperidine rings is 1. The fraction of sp³-hybridized carbons (Fsp3) is 0.512. The SMILES string of the molecule is CC(=O)NCCc1ccc(Cl)c(CN(C(=O)C2CN(C(=O)OC(C)(C)C)CCC2c2ccc(N3CC[C@@H](Oc4c(Cl)cc(C)cc4Cl)C3)nc2)C2CC2)c1. The summed E-state index contributed by atoms with van der Waals surface area (Å²) in [6, 6.07) is 13.7. The quantitative estimate of drug-likeness (QED) is 0.209. The monoisotopic (exact) mass is 797 g/mol. The van der Waals surface area contributed by atoms with Gasteiger partial charge in [0.05, 0.1) is 22.5 Å². The number of aryl methyl sites for hydroxylation is 1. The predicted molar refractivity (Wildman–Crippen MR) is 213 cm³/mol. The number of amides is 3. The first-order valence-corrected chi connectivity index (χ1v) is 19.9. The van der Waals surface area contributed by atoms with Gasteiger partial charge in [0.15, 0.2) is 5.75 Å². The summed E-state index contributed by atoms with van der Waals surface area (Å²) in [7, 11) is 0. The number of hydrogen-bond acceptors (Lipinski definition) is 7. The Kier molecular flexibility index (Phi) is 12.5. The Morgan fingerprint density at radius 2 is 1.69 bits per heavy atom. The smallest absolute Gasteiger partial charge is 0.410 e. The van der Waals surface area contributed by atoms with E-state index in [1.165, 1.54) is 6.92 Å². The molecule has 290 valence electrons. The summed E-state index contributed by atoms with van der Waals surface area (Å²) in [5.41, 5.74) is 3.16. The number of carbonyl (C=O) groups excluding carboxylic acids is 3. The van der Waals surface area contributed by atoms with Crippen molar-refractivity contribution in [3.8, 4) is 5.75 Å². The van der Waals surface area contributed by atoms with Crippen molar-refractivity contribution in [1.29, 1.82) is 0 Å². The Morgan fingerprint density at radius 1 is 0.944 bits per heavy atom. The summed E-state index contributed by atoms with van der Waals surface area (Å²) >= 11 is 19.6. The number of ether oxygens (including phenoxy) is 2. The van der Waals surface area contributed by atoms with Crippen LogP contribution in [0.2, 0.25) is 15.1 Å². The minimum Gasteiger partial charge on any atom is -0.485 e. The topological polar surface area (TPSA) is 104 Å². The summed E-state index contributed by atoms with van der Waals surface area (Å²) in [6.45, 7) is 12.0. The van der Waals surface area contributed by atoms with Crippen molar-refractivity contribution in [1.82, 2.24) is 20.1 Å². The Labute approximate surface area is 333 Å². The normalized spacial score (nSPS) is 20.1. The zero-order chi connectivity index (χ0) is 38.7. The van der Waals surface area contributed by atoms with Crippen LogP contribution in [-0.2, 0) is 27.3 Å². The number of hydrogen-bond donors (Lipinski definition) is 1. The molecule has 3 atom stereocenters. The molecule has 13 heteroatoms. The molecular weight excluding hydrogens is 749 g/mol. The van der Waals surface area contributed by atoms with E-state index in [1.807, 2.05) is 75.2 Å². The van der Waals surface area contributed by atoms with Crippen LogP contribution in [0, 0.1) is 12.8 Å². The first kappa shape index (κ1) is 39.9. The Bertz CT molecular complexity index is 1820. The van der Waals surface area contributed by atoms with Crippen molar-refractivity contribution >= 4 is 58.5 Å². The highest BCUT2D eigenvalue weighted by Gasteiger charge is 2.43. The van der Waals surface area contributed by atoms with Gasteiger partial charge < -0.3 is 29.5 Å². The molecule has 3 fully saturated rings. The maximum Gasteiger partial charge on any atom is 0.410 e. The fourth-order valence-electron chi connectivity index (χ4n) is 7.35. The van der Waals surface area contributed by atoms with Crippen molar-refractivity contribution in [2.45, 2.75) is 96.9 Å². The van der Waals surface area contributed by atoms with Gasteiger partial charge in [0.2, 0.25) is 11.8 Å². The summed E-state index contributed by atoms with van der Waals surface area (Å²) < 4.78 is 12.0. The van der Waals surface area contributed by atoms with E-state index in [4.69, 9.17) is 49.3 Å². The lowest BCUT2D eigenvalue weighted by atomic mass is 9.80. The molecule has 3 heterocycles. The molecule has 1 N–H and O–H groups in total. The van der Waals surface area contributed by atoms with Crippen molar-refractivity contribution < 1.29 is 23.9 Å². The third kappa shape index (κ3) is 10.1. The number of nitrogens with one attached hydrogen (secondary N) is 1. The number of pyridine rings is 1. The molecule has 6 rings (SSSR count). The minimum atomic E-state index is -0.660. The van der Waals surface area contributed by atoms with E-state index < -0.39 is 17.6 Å². The van der Waals surface area contributed by atoms with Gasteiger partial charge >= 0.3 is 6.09 Å². The first-order valence-electron chi connectivity index (χ1n) is 18.8. The summed E-state index contributed by atoms with van der Waals surface area (Å²) in [5, 5.41) is 4.43. The molecule has 1 saturated carbocycles. The molecule has 1 aromatic heterocycles. The van der Waals surface area contributed by atoms with Gasteiger partial charge in [-0.1, -0.05) is 53.0 Å². The molecule has 54 heavy (non-hydrogen) atoms.